The molecule has 2 aliphatic rings. The van der Waals surface area contributed by atoms with Crippen LogP contribution in [0.15, 0.2) is 23.0 Å². The second kappa shape index (κ2) is 6.56. The Bertz CT molecular complexity index is 667. The van der Waals surface area contributed by atoms with Crippen molar-refractivity contribution in [2.75, 3.05) is 20.2 Å². The Balaban J connectivity index is 1.64. The predicted octanol–water partition coefficient (Wildman–Crippen LogP) is 1.14. The fourth-order valence-electron chi connectivity index (χ4n) is 3.74. The first-order chi connectivity index (χ1) is 11.1. The molecule has 2 bridgehead atoms. The summed E-state index contributed by atoms with van der Waals surface area (Å²) in [6.45, 7) is 2.06. The third-order valence-electron chi connectivity index (χ3n) is 4.83. The van der Waals surface area contributed by atoms with E-state index in [0.717, 1.165) is 12.1 Å². The summed E-state index contributed by atoms with van der Waals surface area (Å²) in [5.41, 5.74) is 1.09. The van der Waals surface area contributed by atoms with Gasteiger partial charge in [0.05, 0.1) is 7.11 Å². The van der Waals surface area contributed by atoms with Gasteiger partial charge in [0.2, 0.25) is 5.91 Å². The summed E-state index contributed by atoms with van der Waals surface area (Å²) in [6, 6.07) is 5.39. The van der Waals surface area contributed by atoms with E-state index in [1.807, 2.05) is 15.5 Å². The molecule has 2 aliphatic heterocycles. The molecular weight excluding hydrogens is 296 g/mol. The molecule has 3 heterocycles. The number of carbonyl (C=O) groups is 2. The van der Waals surface area contributed by atoms with E-state index in [4.69, 9.17) is 0 Å². The molecule has 2 atom stereocenters. The maximum absolute atomic E-state index is 12.4. The van der Waals surface area contributed by atoms with Gasteiger partial charge in [0.25, 0.3) is 5.56 Å². The number of methoxy groups -OCH3 is 1. The van der Waals surface area contributed by atoms with E-state index in [0.29, 0.717) is 38.4 Å². The van der Waals surface area contributed by atoms with E-state index in [1.54, 1.807) is 12.1 Å². The van der Waals surface area contributed by atoms with Crippen LogP contribution in [0.4, 0.5) is 0 Å². The van der Waals surface area contributed by atoms with E-state index in [9.17, 15) is 14.4 Å². The van der Waals surface area contributed by atoms with Crippen molar-refractivity contribution in [3.05, 3.63) is 34.2 Å². The van der Waals surface area contributed by atoms with Gasteiger partial charge in [-0.15, -0.1) is 0 Å². The van der Waals surface area contributed by atoms with Gasteiger partial charge in [0.15, 0.2) is 0 Å². The Morgan fingerprint density at radius 3 is 2.83 bits per heavy atom. The molecule has 3 rings (SSSR count). The summed E-state index contributed by atoms with van der Waals surface area (Å²) >= 11 is 0. The smallest absolute Gasteiger partial charge is 0.305 e. The molecule has 23 heavy (non-hydrogen) atoms. The van der Waals surface area contributed by atoms with Crippen LogP contribution in [0.25, 0.3) is 0 Å². The van der Waals surface area contributed by atoms with Crippen LogP contribution in [-0.2, 0) is 20.9 Å². The highest BCUT2D eigenvalue weighted by Crippen LogP contribution is 2.35. The number of nitrogens with zero attached hydrogens (tertiary/aromatic N) is 2. The number of ether oxygens (including phenoxy) is 1. The highest BCUT2D eigenvalue weighted by molar-refractivity contribution is 5.77. The zero-order chi connectivity index (χ0) is 16.4. The average molecular weight is 318 g/mol. The number of aromatic nitrogens is 1. The lowest BCUT2D eigenvalue weighted by atomic mass is 9.83. The second-order valence-corrected chi connectivity index (χ2v) is 6.43. The van der Waals surface area contributed by atoms with Crippen molar-refractivity contribution in [2.45, 2.75) is 38.1 Å². The van der Waals surface area contributed by atoms with Gasteiger partial charge in [-0.3, -0.25) is 14.4 Å². The van der Waals surface area contributed by atoms with E-state index in [1.165, 1.54) is 7.11 Å². The lowest BCUT2D eigenvalue weighted by Crippen LogP contribution is -2.49. The van der Waals surface area contributed by atoms with Gasteiger partial charge in [-0.1, -0.05) is 6.07 Å². The van der Waals surface area contributed by atoms with Crippen molar-refractivity contribution in [3.63, 3.8) is 0 Å². The minimum absolute atomic E-state index is 0.0510. The number of amides is 1. The van der Waals surface area contributed by atoms with Crippen LogP contribution in [0.1, 0.15) is 37.3 Å². The number of fused-ring (bicyclic) bond motifs is 4. The molecule has 0 spiro atoms. The zero-order valence-corrected chi connectivity index (χ0v) is 13.4. The minimum Gasteiger partial charge on any atom is -0.469 e. The van der Waals surface area contributed by atoms with Crippen LogP contribution in [0.5, 0.6) is 0 Å². The van der Waals surface area contributed by atoms with Gasteiger partial charge in [-0.05, 0) is 24.8 Å². The molecule has 6 heteroatoms. The first kappa shape index (κ1) is 15.8. The number of pyridine rings is 1. The molecule has 1 amide bonds. The first-order valence-electron chi connectivity index (χ1n) is 8.13. The number of esters is 1. The van der Waals surface area contributed by atoms with Crippen molar-refractivity contribution in [3.8, 4) is 0 Å². The summed E-state index contributed by atoms with van der Waals surface area (Å²) < 4.78 is 6.45. The van der Waals surface area contributed by atoms with Gasteiger partial charge < -0.3 is 14.2 Å². The molecule has 6 nitrogen and oxygen atoms in total. The second-order valence-electron chi connectivity index (χ2n) is 6.43. The Labute approximate surface area is 135 Å². The average Bonchev–Trinajstić information content (AvgIpc) is 2.55. The summed E-state index contributed by atoms with van der Waals surface area (Å²) in [5.74, 6) is 0.392. The highest BCUT2D eigenvalue weighted by Gasteiger charge is 2.35. The number of carbonyl (C=O) groups excluding carboxylic acids is 2. The SMILES string of the molecule is COC(=O)CCCC(=O)N1CC2CC(C1)c1cccc(=O)n1C2. The number of hydrogen-bond donors (Lipinski definition) is 0. The summed E-state index contributed by atoms with van der Waals surface area (Å²) in [7, 11) is 1.36. The third-order valence-corrected chi connectivity index (χ3v) is 4.83. The Hall–Kier alpha value is -2.11. The molecule has 0 saturated carbocycles. The zero-order valence-electron chi connectivity index (χ0n) is 13.4. The van der Waals surface area contributed by atoms with Gasteiger partial charge in [0, 0.05) is 50.2 Å². The summed E-state index contributed by atoms with van der Waals surface area (Å²) in [4.78, 5) is 37.4. The monoisotopic (exact) mass is 318 g/mol. The van der Waals surface area contributed by atoms with Crippen LogP contribution >= 0.6 is 0 Å². The summed E-state index contributed by atoms with van der Waals surface area (Å²) in [5, 5.41) is 0. The van der Waals surface area contributed by atoms with Crippen LogP contribution in [0.3, 0.4) is 0 Å². The molecule has 0 N–H and O–H groups in total. The minimum atomic E-state index is -0.276. The number of piperidine rings is 1. The molecule has 1 aromatic heterocycles. The fourth-order valence-corrected chi connectivity index (χ4v) is 3.74. The van der Waals surface area contributed by atoms with Gasteiger partial charge >= 0.3 is 5.97 Å². The van der Waals surface area contributed by atoms with E-state index >= 15 is 0 Å². The number of hydrogen-bond acceptors (Lipinski definition) is 4. The first-order valence-corrected chi connectivity index (χ1v) is 8.13. The summed E-state index contributed by atoms with van der Waals surface area (Å²) in [6.07, 6.45) is 2.21. The van der Waals surface area contributed by atoms with Crippen LogP contribution in [0, 0.1) is 5.92 Å². The Morgan fingerprint density at radius 2 is 2.04 bits per heavy atom. The van der Waals surface area contributed by atoms with Crippen molar-refractivity contribution < 1.29 is 14.3 Å². The molecule has 124 valence electrons. The molecule has 0 aromatic carbocycles. The van der Waals surface area contributed by atoms with Crippen LogP contribution in [-0.4, -0.2) is 41.5 Å². The topological polar surface area (TPSA) is 68.6 Å². The van der Waals surface area contributed by atoms with Crippen molar-refractivity contribution in [1.29, 1.82) is 0 Å². The molecule has 0 aliphatic carbocycles. The van der Waals surface area contributed by atoms with Crippen molar-refractivity contribution in [1.82, 2.24) is 9.47 Å². The standard InChI is InChI=1S/C17H22N2O4/c1-23-17(22)7-3-5-15(20)18-9-12-8-13(11-18)14-4-2-6-16(21)19(14)10-12/h2,4,6,12-13H,3,5,7-11H2,1H3. The highest BCUT2D eigenvalue weighted by atomic mass is 16.5. The van der Waals surface area contributed by atoms with E-state index < -0.39 is 0 Å². The molecule has 1 aromatic rings. The van der Waals surface area contributed by atoms with Gasteiger partial charge in [0.1, 0.15) is 0 Å². The van der Waals surface area contributed by atoms with E-state index in [-0.39, 0.29) is 29.8 Å². The molecular formula is C17H22N2O4. The Morgan fingerprint density at radius 1 is 1.22 bits per heavy atom. The van der Waals surface area contributed by atoms with Gasteiger partial charge in [-0.25, -0.2) is 0 Å². The van der Waals surface area contributed by atoms with Crippen molar-refractivity contribution >= 4 is 11.9 Å². The number of likely N-dealkylation sites (tertiary alicyclic amines) is 1. The van der Waals surface area contributed by atoms with Gasteiger partial charge in [-0.2, -0.15) is 0 Å². The maximum Gasteiger partial charge on any atom is 0.305 e. The van der Waals surface area contributed by atoms with Crippen LogP contribution in [0.2, 0.25) is 0 Å². The maximum atomic E-state index is 12.4. The number of rotatable bonds is 4. The molecule has 1 saturated heterocycles. The fraction of sp³-hybridized carbons (Fsp3) is 0.588. The lowest BCUT2D eigenvalue weighted by molar-refractivity contribution is -0.141. The quantitative estimate of drug-likeness (QED) is 0.781. The van der Waals surface area contributed by atoms with Crippen LogP contribution < -0.4 is 5.56 Å². The lowest BCUT2D eigenvalue weighted by Gasteiger charge is -2.42. The molecule has 2 unspecified atom stereocenters. The normalized spacial score (nSPS) is 22.4. The van der Waals surface area contributed by atoms with E-state index in [2.05, 4.69) is 4.74 Å². The predicted molar refractivity (Wildman–Crippen MR) is 84.0 cm³/mol. The molecule has 1 fully saturated rings. The third kappa shape index (κ3) is 3.30. The Kier molecular flexibility index (Phi) is 4.50. The largest absolute Gasteiger partial charge is 0.469 e. The molecule has 0 radical (unpaired) electrons. The van der Waals surface area contributed by atoms with Crippen molar-refractivity contribution in [2.24, 2.45) is 5.92 Å².